The maximum absolute atomic E-state index is 11.9. The van der Waals surface area contributed by atoms with Gasteiger partial charge in [0.15, 0.2) is 0 Å². The number of nitrogens with one attached hydrogen (secondary N) is 1. The second kappa shape index (κ2) is 5.11. The van der Waals surface area contributed by atoms with Gasteiger partial charge in [0.2, 0.25) is 0 Å². The van der Waals surface area contributed by atoms with Crippen molar-refractivity contribution in [2.45, 2.75) is 31.2 Å². The van der Waals surface area contributed by atoms with Gasteiger partial charge in [-0.15, -0.1) is 0 Å². The molecule has 0 saturated heterocycles. The molecule has 2 rings (SSSR count). The summed E-state index contributed by atoms with van der Waals surface area (Å²) < 4.78 is 23.9. The van der Waals surface area contributed by atoms with Gasteiger partial charge in [-0.2, -0.15) is 0 Å². The maximum atomic E-state index is 11.9. The van der Waals surface area contributed by atoms with Crippen LogP contribution in [0.5, 0.6) is 0 Å². The van der Waals surface area contributed by atoms with E-state index in [4.69, 9.17) is 11.6 Å². The van der Waals surface area contributed by atoms with Gasteiger partial charge in [0, 0.05) is 11.1 Å². The predicted molar refractivity (Wildman–Crippen MR) is 61.2 cm³/mol. The van der Waals surface area contributed by atoms with Crippen LogP contribution in [0.1, 0.15) is 24.3 Å². The molecule has 1 aromatic rings. The van der Waals surface area contributed by atoms with Crippen LogP contribution in [-0.4, -0.2) is 19.0 Å². The lowest BCUT2D eigenvalue weighted by Crippen LogP contribution is -2.42. The zero-order valence-electron chi connectivity index (χ0n) is 8.80. The van der Waals surface area contributed by atoms with E-state index in [2.05, 4.69) is 5.32 Å². The molecule has 0 spiro atoms. The Hall–Kier alpha value is -0.670. The average molecular weight is 246 g/mol. The van der Waals surface area contributed by atoms with Crippen LogP contribution in [0.4, 0.5) is 8.78 Å². The minimum Gasteiger partial charge on any atom is -0.309 e. The van der Waals surface area contributed by atoms with Crippen molar-refractivity contribution in [3.63, 3.8) is 0 Å². The second-order valence-corrected chi connectivity index (χ2v) is 4.66. The van der Waals surface area contributed by atoms with Crippen molar-refractivity contribution in [2.24, 2.45) is 0 Å². The molecular formula is C12H14ClF2N. The number of hydrogen-bond donors (Lipinski definition) is 1. The summed E-state index contributed by atoms with van der Waals surface area (Å²) in [5.41, 5.74) is 1.21. The lowest BCUT2D eigenvalue weighted by atomic mass is 9.76. The molecule has 0 unspecified atom stereocenters. The van der Waals surface area contributed by atoms with Gasteiger partial charge in [0.25, 0.3) is 6.43 Å². The molecule has 1 aromatic carbocycles. The van der Waals surface area contributed by atoms with E-state index >= 15 is 0 Å². The number of alkyl halides is 2. The molecule has 1 aliphatic rings. The normalized spacial score (nSPS) is 24.5. The van der Waals surface area contributed by atoms with E-state index in [1.807, 2.05) is 24.3 Å². The molecule has 0 aromatic heterocycles. The Morgan fingerprint density at radius 3 is 2.75 bits per heavy atom. The SMILES string of the molecule is FC(F)CNC1CC(c2cccc(Cl)c2)C1. The van der Waals surface area contributed by atoms with Gasteiger partial charge in [-0.05, 0) is 36.5 Å². The molecule has 16 heavy (non-hydrogen) atoms. The summed E-state index contributed by atoms with van der Waals surface area (Å²) in [6, 6.07) is 8.00. The van der Waals surface area contributed by atoms with Crippen molar-refractivity contribution in [1.82, 2.24) is 5.32 Å². The Kier molecular flexibility index (Phi) is 3.77. The molecule has 0 heterocycles. The van der Waals surface area contributed by atoms with Crippen LogP contribution < -0.4 is 5.32 Å². The van der Waals surface area contributed by atoms with Crippen LogP contribution in [-0.2, 0) is 0 Å². The molecular weight excluding hydrogens is 232 g/mol. The average Bonchev–Trinajstić information content (AvgIpc) is 2.14. The monoisotopic (exact) mass is 245 g/mol. The van der Waals surface area contributed by atoms with E-state index in [1.54, 1.807) is 0 Å². The first-order valence-electron chi connectivity index (χ1n) is 5.42. The number of hydrogen-bond acceptors (Lipinski definition) is 1. The highest BCUT2D eigenvalue weighted by Gasteiger charge is 2.30. The molecule has 88 valence electrons. The Morgan fingerprint density at radius 2 is 2.12 bits per heavy atom. The summed E-state index contributed by atoms with van der Waals surface area (Å²) in [6.07, 6.45) is -0.412. The topological polar surface area (TPSA) is 12.0 Å². The zero-order valence-corrected chi connectivity index (χ0v) is 9.55. The third-order valence-electron chi connectivity index (χ3n) is 3.02. The summed E-state index contributed by atoms with van der Waals surface area (Å²) in [5, 5.41) is 3.59. The van der Waals surface area contributed by atoms with Gasteiger partial charge < -0.3 is 5.32 Å². The molecule has 0 amide bonds. The van der Waals surface area contributed by atoms with Crippen molar-refractivity contribution in [3.8, 4) is 0 Å². The van der Waals surface area contributed by atoms with Crippen LogP contribution in [0, 0.1) is 0 Å². The van der Waals surface area contributed by atoms with Crippen molar-refractivity contribution in [2.75, 3.05) is 6.54 Å². The molecule has 4 heteroatoms. The summed E-state index contributed by atoms with van der Waals surface area (Å²) in [6.45, 7) is -0.201. The lowest BCUT2D eigenvalue weighted by molar-refractivity contribution is 0.131. The second-order valence-electron chi connectivity index (χ2n) is 4.22. The fourth-order valence-corrected chi connectivity index (χ4v) is 2.27. The van der Waals surface area contributed by atoms with E-state index < -0.39 is 6.43 Å². The fraction of sp³-hybridized carbons (Fsp3) is 0.500. The van der Waals surface area contributed by atoms with Crippen molar-refractivity contribution in [3.05, 3.63) is 34.9 Å². The van der Waals surface area contributed by atoms with Gasteiger partial charge >= 0.3 is 0 Å². The Labute approximate surface area is 98.8 Å². The first-order chi connectivity index (χ1) is 7.65. The highest BCUT2D eigenvalue weighted by Crippen LogP contribution is 2.37. The Morgan fingerprint density at radius 1 is 1.38 bits per heavy atom. The molecule has 0 bridgehead atoms. The maximum Gasteiger partial charge on any atom is 0.250 e. The van der Waals surface area contributed by atoms with Crippen molar-refractivity contribution >= 4 is 11.6 Å². The van der Waals surface area contributed by atoms with E-state index in [1.165, 1.54) is 5.56 Å². The van der Waals surface area contributed by atoms with Crippen LogP contribution in [0.15, 0.2) is 24.3 Å². The molecule has 0 radical (unpaired) electrons. The largest absolute Gasteiger partial charge is 0.309 e. The van der Waals surface area contributed by atoms with Crippen LogP contribution in [0.25, 0.3) is 0 Å². The highest BCUT2D eigenvalue weighted by molar-refractivity contribution is 6.30. The Bertz CT molecular complexity index is 351. The third kappa shape index (κ3) is 2.92. The van der Waals surface area contributed by atoms with E-state index in [9.17, 15) is 8.78 Å². The summed E-state index contributed by atoms with van der Waals surface area (Å²) in [7, 11) is 0. The smallest absolute Gasteiger partial charge is 0.250 e. The van der Waals surface area contributed by atoms with Crippen molar-refractivity contribution in [1.29, 1.82) is 0 Å². The van der Waals surface area contributed by atoms with Gasteiger partial charge in [-0.1, -0.05) is 23.7 Å². The van der Waals surface area contributed by atoms with Gasteiger partial charge in [-0.25, -0.2) is 8.78 Å². The molecule has 0 atom stereocenters. The van der Waals surface area contributed by atoms with Gasteiger partial charge in [0.1, 0.15) is 0 Å². The standard InChI is InChI=1S/C12H14ClF2N/c13-10-3-1-2-8(4-10)9-5-11(6-9)16-7-12(14)15/h1-4,9,11-12,16H,5-7H2. The zero-order chi connectivity index (χ0) is 11.5. The Balaban J connectivity index is 1.80. The molecule has 1 nitrogen and oxygen atoms in total. The number of benzene rings is 1. The molecule has 1 aliphatic carbocycles. The highest BCUT2D eigenvalue weighted by atomic mass is 35.5. The van der Waals surface area contributed by atoms with E-state index in [-0.39, 0.29) is 12.6 Å². The molecule has 1 fully saturated rings. The summed E-state index contributed by atoms with van der Waals surface area (Å²) in [5.74, 6) is 0.467. The first kappa shape index (κ1) is 11.8. The minimum atomic E-state index is -2.26. The minimum absolute atomic E-state index is 0.201. The predicted octanol–water partition coefficient (Wildman–Crippen LogP) is 3.44. The number of halogens is 3. The van der Waals surface area contributed by atoms with Gasteiger partial charge in [0.05, 0.1) is 6.54 Å². The molecule has 1 N–H and O–H groups in total. The lowest BCUT2D eigenvalue weighted by Gasteiger charge is -2.36. The molecule has 0 aliphatic heterocycles. The number of rotatable bonds is 4. The van der Waals surface area contributed by atoms with Crippen molar-refractivity contribution < 1.29 is 8.78 Å². The van der Waals surface area contributed by atoms with E-state index in [0.717, 1.165) is 17.9 Å². The molecule has 1 saturated carbocycles. The quantitative estimate of drug-likeness (QED) is 0.857. The third-order valence-corrected chi connectivity index (χ3v) is 3.25. The summed E-state index contributed by atoms with van der Waals surface area (Å²) >= 11 is 5.89. The van der Waals surface area contributed by atoms with Crippen LogP contribution in [0.3, 0.4) is 0 Å². The van der Waals surface area contributed by atoms with Gasteiger partial charge in [-0.3, -0.25) is 0 Å². The fourth-order valence-electron chi connectivity index (χ4n) is 2.07. The van der Waals surface area contributed by atoms with E-state index in [0.29, 0.717) is 5.92 Å². The first-order valence-corrected chi connectivity index (χ1v) is 5.80. The van der Waals surface area contributed by atoms with Crippen LogP contribution >= 0.6 is 11.6 Å². The van der Waals surface area contributed by atoms with Crippen LogP contribution in [0.2, 0.25) is 5.02 Å². The summed E-state index contributed by atoms with van der Waals surface area (Å²) in [4.78, 5) is 0.